The molecule has 0 atom stereocenters. The van der Waals surface area contributed by atoms with E-state index in [1.54, 1.807) is 0 Å². The lowest BCUT2D eigenvalue weighted by molar-refractivity contribution is -0.0945. The lowest BCUT2D eigenvalue weighted by Crippen LogP contribution is -2.44. The molecule has 3 rings (SSSR count). The van der Waals surface area contributed by atoms with Crippen LogP contribution in [0.25, 0.3) is 10.9 Å². The molecule has 1 aromatic heterocycles. The van der Waals surface area contributed by atoms with Crippen LogP contribution in [0.2, 0.25) is 0 Å². The third kappa shape index (κ3) is 3.87. The van der Waals surface area contributed by atoms with Gasteiger partial charge in [-0.05, 0) is 37.1 Å². The van der Waals surface area contributed by atoms with Crippen LogP contribution in [0.3, 0.4) is 0 Å². The molecule has 1 fully saturated rings. The number of guanidine groups is 1. The standard InChI is InChI=1S/C18H25FN4O/c1-3-20-17(23-10-18(2)11-24-12-18)21-7-6-13-9-22-16-8-14(19)4-5-15(13)16/h4-5,8-9,22H,3,6-7,10-12H2,1-2H3,(H2,20,21,23). The molecule has 0 radical (unpaired) electrons. The van der Waals surface area contributed by atoms with E-state index >= 15 is 0 Å². The van der Waals surface area contributed by atoms with Crippen LogP contribution in [0.1, 0.15) is 19.4 Å². The Bertz CT molecular complexity index is 721. The van der Waals surface area contributed by atoms with Gasteiger partial charge < -0.3 is 20.4 Å². The molecule has 1 aliphatic rings. The summed E-state index contributed by atoms with van der Waals surface area (Å²) >= 11 is 0. The molecular weight excluding hydrogens is 307 g/mol. The minimum absolute atomic E-state index is 0.170. The number of aromatic nitrogens is 1. The monoisotopic (exact) mass is 332 g/mol. The highest BCUT2D eigenvalue weighted by Gasteiger charge is 2.33. The molecule has 0 amide bonds. The molecule has 6 heteroatoms. The summed E-state index contributed by atoms with van der Waals surface area (Å²) in [6.45, 7) is 8.15. The summed E-state index contributed by atoms with van der Waals surface area (Å²) in [6.07, 6.45) is 2.79. The number of aromatic amines is 1. The molecule has 1 aromatic carbocycles. The summed E-state index contributed by atoms with van der Waals surface area (Å²) in [6, 6.07) is 4.85. The zero-order chi connectivity index (χ0) is 17.0. The van der Waals surface area contributed by atoms with Crippen molar-refractivity contribution in [2.45, 2.75) is 20.3 Å². The first-order valence-electron chi connectivity index (χ1n) is 8.45. The predicted molar refractivity (Wildman–Crippen MR) is 94.9 cm³/mol. The third-order valence-corrected chi connectivity index (χ3v) is 4.28. The second-order valence-electron chi connectivity index (χ2n) is 6.68. The highest BCUT2D eigenvalue weighted by atomic mass is 19.1. The molecule has 0 aliphatic carbocycles. The van der Waals surface area contributed by atoms with Crippen molar-refractivity contribution in [1.29, 1.82) is 0 Å². The van der Waals surface area contributed by atoms with Gasteiger partial charge in [-0.2, -0.15) is 0 Å². The number of H-pyrrole nitrogens is 1. The quantitative estimate of drug-likeness (QED) is 0.562. The smallest absolute Gasteiger partial charge is 0.191 e. The summed E-state index contributed by atoms with van der Waals surface area (Å²) in [5.74, 6) is 0.612. The van der Waals surface area contributed by atoms with Gasteiger partial charge in [0.05, 0.1) is 19.8 Å². The number of ether oxygens (including phenoxy) is 1. The largest absolute Gasteiger partial charge is 0.380 e. The number of nitrogens with zero attached hydrogens (tertiary/aromatic N) is 1. The van der Waals surface area contributed by atoms with Crippen molar-refractivity contribution in [3.63, 3.8) is 0 Å². The van der Waals surface area contributed by atoms with E-state index in [2.05, 4.69) is 34.5 Å². The van der Waals surface area contributed by atoms with Gasteiger partial charge in [-0.15, -0.1) is 0 Å². The van der Waals surface area contributed by atoms with Crippen LogP contribution in [0.4, 0.5) is 4.39 Å². The Morgan fingerprint density at radius 3 is 2.92 bits per heavy atom. The Labute approximate surface area is 141 Å². The fourth-order valence-electron chi connectivity index (χ4n) is 2.83. The molecule has 1 saturated heterocycles. The third-order valence-electron chi connectivity index (χ3n) is 4.28. The molecule has 24 heavy (non-hydrogen) atoms. The van der Waals surface area contributed by atoms with Crippen LogP contribution in [0, 0.1) is 11.2 Å². The highest BCUT2D eigenvalue weighted by Crippen LogP contribution is 2.26. The number of nitrogens with one attached hydrogen (secondary N) is 3. The molecule has 0 saturated carbocycles. The van der Waals surface area contributed by atoms with E-state index < -0.39 is 0 Å². The fourth-order valence-corrected chi connectivity index (χ4v) is 2.83. The SMILES string of the molecule is CCNC(=NCC1(C)COC1)NCCc1c[nH]c2cc(F)ccc12. The molecule has 5 nitrogen and oxygen atoms in total. The first-order chi connectivity index (χ1) is 11.6. The molecule has 2 heterocycles. The predicted octanol–water partition coefficient (Wildman–Crippen LogP) is 2.44. The van der Waals surface area contributed by atoms with Gasteiger partial charge >= 0.3 is 0 Å². The van der Waals surface area contributed by atoms with Gasteiger partial charge in [-0.25, -0.2) is 4.39 Å². The second kappa shape index (κ2) is 7.21. The highest BCUT2D eigenvalue weighted by molar-refractivity contribution is 5.83. The van der Waals surface area contributed by atoms with E-state index in [4.69, 9.17) is 4.74 Å². The van der Waals surface area contributed by atoms with Gasteiger partial charge in [0, 0.05) is 35.6 Å². The van der Waals surface area contributed by atoms with Crippen molar-refractivity contribution < 1.29 is 9.13 Å². The summed E-state index contributed by atoms with van der Waals surface area (Å²) in [5.41, 5.74) is 2.18. The first kappa shape index (κ1) is 16.8. The maximum atomic E-state index is 13.2. The molecule has 1 aliphatic heterocycles. The summed E-state index contributed by atoms with van der Waals surface area (Å²) in [4.78, 5) is 7.78. The minimum atomic E-state index is -0.218. The molecule has 3 N–H and O–H groups in total. The molecule has 0 unspecified atom stereocenters. The van der Waals surface area contributed by atoms with Crippen molar-refractivity contribution in [1.82, 2.24) is 15.6 Å². The van der Waals surface area contributed by atoms with Gasteiger partial charge in [-0.1, -0.05) is 6.92 Å². The minimum Gasteiger partial charge on any atom is -0.380 e. The molecule has 0 spiro atoms. The zero-order valence-corrected chi connectivity index (χ0v) is 14.3. The lowest BCUT2D eigenvalue weighted by Gasteiger charge is -2.36. The Hall–Kier alpha value is -2.08. The molecule has 0 bridgehead atoms. The van der Waals surface area contributed by atoms with Gasteiger partial charge in [-0.3, -0.25) is 4.99 Å². The number of hydrogen-bond acceptors (Lipinski definition) is 2. The van der Waals surface area contributed by atoms with Crippen LogP contribution < -0.4 is 10.6 Å². The number of hydrogen-bond donors (Lipinski definition) is 3. The van der Waals surface area contributed by atoms with Gasteiger partial charge in [0.25, 0.3) is 0 Å². The van der Waals surface area contributed by atoms with E-state index in [-0.39, 0.29) is 11.2 Å². The van der Waals surface area contributed by atoms with Crippen LogP contribution in [-0.4, -0.2) is 43.8 Å². The Morgan fingerprint density at radius 1 is 1.38 bits per heavy atom. The van der Waals surface area contributed by atoms with E-state index in [0.29, 0.717) is 0 Å². The number of benzene rings is 1. The van der Waals surface area contributed by atoms with Gasteiger partial charge in [0.15, 0.2) is 5.96 Å². The van der Waals surface area contributed by atoms with E-state index in [9.17, 15) is 4.39 Å². The molecule has 2 aromatic rings. The van der Waals surface area contributed by atoms with Crippen molar-refractivity contribution in [3.05, 3.63) is 35.8 Å². The van der Waals surface area contributed by atoms with Crippen LogP contribution in [-0.2, 0) is 11.2 Å². The lowest BCUT2D eigenvalue weighted by atomic mass is 9.89. The summed E-state index contributed by atoms with van der Waals surface area (Å²) in [5, 5.41) is 7.70. The Morgan fingerprint density at radius 2 is 2.21 bits per heavy atom. The maximum Gasteiger partial charge on any atom is 0.191 e. The van der Waals surface area contributed by atoms with Crippen molar-refractivity contribution in [2.24, 2.45) is 10.4 Å². The maximum absolute atomic E-state index is 13.2. The molecule has 130 valence electrons. The van der Waals surface area contributed by atoms with Crippen LogP contribution >= 0.6 is 0 Å². The Balaban J connectivity index is 1.57. The van der Waals surface area contributed by atoms with Gasteiger partial charge in [0.2, 0.25) is 0 Å². The number of fused-ring (bicyclic) bond motifs is 1. The Kier molecular flexibility index (Phi) is 5.04. The van der Waals surface area contributed by atoms with Crippen molar-refractivity contribution >= 4 is 16.9 Å². The summed E-state index contributed by atoms with van der Waals surface area (Å²) < 4.78 is 18.5. The van der Waals surface area contributed by atoms with Crippen LogP contribution in [0.15, 0.2) is 29.4 Å². The second-order valence-corrected chi connectivity index (χ2v) is 6.68. The van der Waals surface area contributed by atoms with E-state index in [0.717, 1.165) is 56.1 Å². The van der Waals surface area contributed by atoms with E-state index in [1.165, 1.54) is 17.7 Å². The average Bonchev–Trinajstić information content (AvgIpc) is 2.93. The zero-order valence-electron chi connectivity index (χ0n) is 14.3. The van der Waals surface area contributed by atoms with Crippen LogP contribution in [0.5, 0.6) is 0 Å². The normalized spacial score (nSPS) is 16.9. The van der Waals surface area contributed by atoms with Crippen molar-refractivity contribution in [2.75, 3.05) is 32.8 Å². The van der Waals surface area contributed by atoms with Gasteiger partial charge in [0.1, 0.15) is 5.82 Å². The number of rotatable bonds is 6. The topological polar surface area (TPSA) is 61.4 Å². The number of halogens is 1. The summed E-state index contributed by atoms with van der Waals surface area (Å²) in [7, 11) is 0. The fraction of sp³-hybridized carbons (Fsp3) is 0.500. The van der Waals surface area contributed by atoms with E-state index in [1.807, 2.05) is 12.3 Å². The first-order valence-corrected chi connectivity index (χ1v) is 8.45. The van der Waals surface area contributed by atoms with Crippen molar-refractivity contribution in [3.8, 4) is 0 Å². The molecular formula is C18H25FN4O. The number of aliphatic imine (C=N–C) groups is 1. The average molecular weight is 332 g/mol.